The van der Waals surface area contributed by atoms with Crippen LogP contribution >= 0.6 is 0 Å². The van der Waals surface area contributed by atoms with Gasteiger partial charge < -0.3 is 9.73 Å². The van der Waals surface area contributed by atoms with Gasteiger partial charge >= 0.3 is 11.9 Å². The Labute approximate surface area is 133 Å². The summed E-state index contributed by atoms with van der Waals surface area (Å²) in [6.45, 7) is -0.309. The number of hydrogen-bond acceptors (Lipinski definition) is 3. The van der Waals surface area contributed by atoms with E-state index in [9.17, 15) is 22.8 Å². The maximum Gasteiger partial charge on any atom is 0.420 e. The zero-order valence-corrected chi connectivity index (χ0v) is 12.1. The molecule has 0 saturated carbocycles. The summed E-state index contributed by atoms with van der Waals surface area (Å²) in [5, 5.41) is 2.44. The van der Waals surface area contributed by atoms with Gasteiger partial charge in [-0.1, -0.05) is 12.1 Å². The number of hydrogen-bond donors (Lipinski definition) is 1. The molecule has 0 radical (unpaired) electrons. The number of fused-ring (bicyclic) bond motifs is 1. The van der Waals surface area contributed by atoms with Crippen LogP contribution in [0.1, 0.15) is 5.56 Å². The van der Waals surface area contributed by atoms with Crippen molar-refractivity contribution >= 4 is 22.7 Å². The first-order valence-corrected chi connectivity index (χ1v) is 6.90. The fraction of sp³-hybridized carbons (Fsp3) is 0.125. The van der Waals surface area contributed by atoms with Crippen molar-refractivity contribution < 1.29 is 22.4 Å². The molecule has 0 aliphatic carbocycles. The van der Waals surface area contributed by atoms with E-state index < -0.39 is 23.4 Å². The first-order valence-electron chi connectivity index (χ1n) is 6.90. The number of nitrogens with one attached hydrogen (secondary N) is 1. The Morgan fingerprint density at radius 2 is 1.75 bits per heavy atom. The van der Waals surface area contributed by atoms with Crippen molar-refractivity contribution in [3.8, 4) is 0 Å². The van der Waals surface area contributed by atoms with E-state index in [1.807, 2.05) is 0 Å². The Kier molecular flexibility index (Phi) is 3.88. The summed E-state index contributed by atoms with van der Waals surface area (Å²) in [6, 6.07) is 10.7. The maximum absolute atomic E-state index is 12.5. The van der Waals surface area contributed by atoms with Gasteiger partial charge in [0.15, 0.2) is 5.58 Å². The Morgan fingerprint density at radius 1 is 1.08 bits per heavy atom. The summed E-state index contributed by atoms with van der Waals surface area (Å²) in [5.74, 6) is -1.23. The zero-order valence-electron chi connectivity index (χ0n) is 12.1. The number of oxazole rings is 1. The third-order valence-corrected chi connectivity index (χ3v) is 3.37. The average Bonchev–Trinajstić information content (AvgIpc) is 2.83. The van der Waals surface area contributed by atoms with Crippen LogP contribution in [0.15, 0.2) is 57.7 Å². The van der Waals surface area contributed by atoms with Gasteiger partial charge in [0.2, 0.25) is 5.91 Å². The van der Waals surface area contributed by atoms with Crippen LogP contribution in [0.5, 0.6) is 0 Å². The molecule has 0 spiro atoms. The number of alkyl halides is 3. The van der Waals surface area contributed by atoms with Crippen LogP contribution in [0.25, 0.3) is 11.1 Å². The molecule has 24 heavy (non-hydrogen) atoms. The molecule has 1 aromatic heterocycles. The second kappa shape index (κ2) is 5.88. The summed E-state index contributed by atoms with van der Waals surface area (Å²) in [5.41, 5.74) is 0.210. The van der Waals surface area contributed by atoms with E-state index in [0.29, 0.717) is 11.1 Å². The van der Waals surface area contributed by atoms with E-state index in [2.05, 4.69) is 5.32 Å². The summed E-state index contributed by atoms with van der Waals surface area (Å²) < 4.78 is 43.6. The lowest BCUT2D eigenvalue weighted by atomic mass is 10.2. The molecule has 0 aliphatic rings. The summed E-state index contributed by atoms with van der Waals surface area (Å²) in [6.07, 6.45) is -4.44. The van der Waals surface area contributed by atoms with Gasteiger partial charge in [-0.05, 0) is 36.4 Å². The van der Waals surface area contributed by atoms with E-state index in [4.69, 9.17) is 4.42 Å². The molecule has 3 aromatic rings. The van der Waals surface area contributed by atoms with E-state index in [1.54, 1.807) is 24.3 Å². The van der Waals surface area contributed by atoms with Gasteiger partial charge in [-0.3, -0.25) is 9.36 Å². The number of carbonyl (C=O) groups excluding carboxylic acids is 1. The number of nitrogens with zero attached hydrogens (tertiary/aromatic N) is 1. The molecule has 8 heteroatoms. The minimum atomic E-state index is -4.44. The molecule has 0 aliphatic heterocycles. The van der Waals surface area contributed by atoms with Gasteiger partial charge in [0.1, 0.15) is 6.54 Å². The molecule has 0 bridgehead atoms. The lowest BCUT2D eigenvalue weighted by Crippen LogP contribution is -2.24. The van der Waals surface area contributed by atoms with Gasteiger partial charge in [0.05, 0.1) is 11.1 Å². The van der Waals surface area contributed by atoms with E-state index in [1.165, 1.54) is 0 Å². The Morgan fingerprint density at radius 3 is 2.42 bits per heavy atom. The molecule has 0 saturated heterocycles. The molecule has 2 aromatic carbocycles. The predicted molar refractivity (Wildman–Crippen MR) is 80.5 cm³/mol. The number of anilines is 1. The van der Waals surface area contributed by atoms with Crippen LogP contribution in [0, 0.1) is 0 Å². The topological polar surface area (TPSA) is 64.2 Å². The molecule has 0 atom stereocenters. The maximum atomic E-state index is 12.5. The highest BCUT2D eigenvalue weighted by Gasteiger charge is 2.30. The number of aromatic nitrogens is 1. The Balaban J connectivity index is 1.76. The standard InChI is InChI=1S/C16H11F3N2O3/c17-16(18,19)10-5-7-11(8-6-10)20-14(22)9-21-12-3-1-2-4-13(12)24-15(21)23/h1-8H,9H2,(H,20,22). The van der Waals surface area contributed by atoms with Crippen molar-refractivity contribution in [2.24, 2.45) is 0 Å². The van der Waals surface area contributed by atoms with Gasteiger partial charge in [-0.2, -0.15) is 13.2 Å². The summed E-state index contributed by atoms with van der Waals surface area (Å²) >= 11 is 0. The zero-order chi connectivity index (χ0) is 17.3. The molecular weight excluding hydrogens is 325 g/mol. The molecule has 5 nitrogen and oxygen atoms in total. The third-order valence-electron chi connectivity index (χ3n) is 3.37. The highest BCUT2D eigenvalue weighted by Crippen LogP contribution is 2.29. The van der Waals surface area contributed by atoms with Crippen LogP contribution in [-0.2, 0) is 17.5 Å². The van der Waals surface area contributed by atoms with E-state index in [-0.39, 0.29) is 12.2 Å². The van der Waals surface area contributed by atoms with Gasteiger partial charge in [0.25, 0.3) is 0 Å². The number of rotatable bonds is 3. The first kappa shape index (κ1) is 15.9. The van der Waals surface area contributed by atoms with Crippen LogP contribution < -0.4 is 11.1 Å². The lowest BCUT2D eigenvalue weighted by Gasteiger charge is -2.09. The number of amides is 1. The Bertz CT molecular complexity index is 940. The summed E-state index contributed by atoms with van der Waals surface area (Å²) in [7, 11) is 0. The second-order valence-corrected chi connectivity index (χ2v) is 5.05. The smallest absolute Gasteiger partial charge is 0.408 e. The van der Waals surface area contributed by atoms with Crippen LogP contribution in [0.2, 0.25) is 0 Å². The third kappa shape index (κ3) is 3.17. The molecule has 124 valence electrons. The quantitative estimate of drug-likeness (QED) is 0.798. The molecular formula is C16H11F3N2O3. The molecule has 1 amide bonds. The van der Waals surface area contributed by atoms with Crippen LogP contribution in [-0.4, -0.2) is 10.5 Å². The van der Waals surface area contributed by atoms with Crippen LogP contribution in [0.3, 0.4) is 0 Å². The molecule has 0 unspecified atom stereocenters. The van der Waals surface area contributed by atoms with Gasteiger partial charge in [-0.15, -0.1) is 0 Å². The second-order valence-electron chi connectivity index (χ2n) is 5.05. The molecule has 1 N–H and O–H groups in total. The average molecular weight is 336 g/mol. The lowest BCUT2D eigenvalue weighted by molar-refractivity contribution is -0.137. The monoisotopic (exact) mass is 336 g/mol. The van der Waals surface area contributed by atoms with E-state index in [0.717, 1.165) is 28.8 Å². The number of carbonyl (C=O) groups is 1. The minimum absolute atomic E-state index is 0.203. The van der Waals surface area contributed by atoms with Crippen molar-refractivity contribution in [1.82, 2.24) is 4.57 Å². The number of benzene rings is 2. The summed E-state index contributed by atoms with van der Waals surface area (Å²) in [4.78, 5) is 23.8. The SMILES string of the molecule is O=C(Cn1c(=O)oc2ccccc21)Nc1ccc(C(F)(F)F)cc1. The highest BCUT2D eigenvalue weighted by atomic mass is 19.4. The van der Waals surface area contributed by atoms with Crippen molar-refractivity contribution in [1.29, 1.82) is 0 Å². The molecule has 3 rings (SSSR count). The predicted octanol–water partition coefficient (Wildman–Crippen LogP) is 3.25. The fourth-order valence-electron chi connectivity index (χ4n) is 2.25. The van der Waals surface area contributed by atoms with Crippen molar-refractivity contribution in [2.75, 3.05) is 5.32 Å². The molecule has 1 heterocycles. The van der Waals surface area contributed by atoms with E-state index >= 15 is 0 Å². The number of para-hydroxylation sites is 2. The minimum Gasteiger partial charge on any atom is -0.408 e. The van der Waals surface area contributed by atoms with Crippen molar-refractivity contribution in [2.45, 2.75) is 12.7 Å². The normalized spacial score (nSPS) is 11.6. The van der Waals surface area contributed by atoms with Crippen molar-refractivity contribution in [3.63, 3.8) is 0 Å². The first-order chi connectivity index (χ1) is 11.3. The van der Waals surface area contributed by atoms with Crippen LogP contribution in [0.4, 0.5) is 18.9 Å². The van der Waals surface area contributed by atoms with Gasteiger partial charge in [0, 0.05) is 5.69 Å². The Hall–Kier alpha value is -3.03. The number of halogens is 3. The van der Waals surface area contributed by atoms with Gasteiger partial charge in [-0.25, -0.2) is 4.79 Å². The van der Waals surface area contributed by atoms with Crippen molar-refractivity contribution in [3.05, 3.63) is 64.6 Å². The largest absolute Gasteiger partial charge is 0.420 e. The highest BCUT2D eigenvalue weighted by molar-refractivity contribution is 5.91. The molecule has 0 fully saturated rings. The fourth-order valence-corrected chi connectivity index (χ4v) is 2.25.